The lowest BCUT2D eigenvalue weighted by molar-refractivity contribution is -0.123. The van der Waals surface area contributed by atoms with E-state index in [1.807, 2.05) is 0 Å². The Bertz CT molecular complexity index is 306. The first-order valence-electron chi connectivity index (χ1n) is 8.14. The van der Waals surface area contributed by atoms with Gasteiger partial charge in [0, 0.05) is 31.7 Å². The first kappa shape index (κ1) is 15.8. The van der Waals surface area contributed by atoms with Crippen molar-refractivity contribution < 1.29 is 9.53 Å². The van der Waals surface area contributed by atoms with Gasteiger partial charge in [0.05, 0.1) is 0 Å². The molecule has 1 saturated carbocycles. The minimum atomic E-state index is 0.0838. The molecule has 0 spiro atoms. The van der Waals surface area contributed by atoms with E-state index in [1.54, 1.807) is 0 Å². The van der Waals surface area contributed by atoms with E-state index in [9.17, 15) is 4.79 Å². The zero-order chi connectivity index (χ0) is 14.4. The van der Waals surface area contributed by atoms with Crippen LogP contribution in [-0.2, 0) is 9.53 Å². The zero-order valence-corrected chi connectivity index (χ0v) is 13.1. The largest absolute Gasteiger partial charge is 0.381 e. The fraction of sp³-hybridized carbons (Fsp3) is 0.938. The summed E-state index contributed by atoms with van der Waals surface area (Å²) in [5.74, 6) is 0.860. The zero-order valence-electron chi connectivity index (χ0n) is 13.1. The number of hydrogen-bond acceptors (Lipinski definition) is 3. The van der Waals surface area contributed by atoms with Gasteiger partial charge in [0.15, 0.2) is 0 Å². The van der Waals surface area contributed by atoms with Crippen LogP contribution < -0.4 is 5.32 Å². The van der Waals surface area contributed by atoms with Crippen LogP contribution in [0.25, 0.3) is 0 Å². The highest BCUT2D eigenvalue weighted by Gasteiger charge is 2.35. The lowest BCUT2D eigenvalue weighted by Crippen LogP contribution is -2.55. The molecule has 116 valence electrons. The van der Waals surface area contributed by atoms with Crippen molar-refractivity contribution >= 4 is 5.91 Å². The molecule has 20 heavy (non-hydrogen) atoms. The Kier molecular flexibility index (Phi) is 5.85. The second-order valence-electron chi connectivity index (χ2n) is 6.72. The third-order valence-corrected chi connectivity index (χ3v) is 5.19. The number of nitrogens with one attached hydrogen (secondary N) is 1. The number of carbonyl (C=O) groups excluding carboxylic acids is 1. The van der Waals surface area contributed by atoms with E-state index in [0.717, 1.165) is 39.0 Å². The van der Waals surface area contributed by atoms with Gasteiger partial charge in [-0.2, -0.15) is 0 Å². The molecule has 0 unspecified atom stereocenters. The van der Waals surface area contributed by atoms with Gasteiger partial charge in [0.1, 0.15) is 0 Å². The summed E-state index contributed by atoms with van der Waals surface area (Å²) in [5, 5.41) is 3.19. The van der Waals surface area contributed by atoms with Crippen molar-refractivity contribution in [3.63, 3.8) is 0 Å². The summed E-state index contributed by atoms with van der Waals surface area (Å²) in [6, 6.07) is 0. The van der Waals surface area contributed by atoms with Crippen LogP contribution in [0.5, 0.6) is 0 Å². The van der Waals surface area contributed by atoms with Crippen molar-refractivity contribution in [3.8, 4) is 0 Å². The van der Waals surface area contributed by atoms with Crippen LogP contribution in [0.3, 0.4) is 0 Å². The number of carbonyl (C=O) groups is 1. The molecule has 2 fully saturated rings. The molecule has 0 radical (unpaired) electrons. The van der Waals surface area contributed by atoms with Crippen molar-refractivity contribution in [1.82, 2.24) is 10.2 Å². The minimum Gasteiger partial charge on any atom is -0.381 e. The van der Waals surface area contributed by atoms with E-state index in [-0.39, 0.29) is 11.4 Å². The third-order valence-electron chi connectivity index (χ3n) is 5.19. The molecular weight excluding hydrogens is 252 g/mol. The molecule has 1 N–H and O–H groups in total. The number of nitrogens with zero attached hydrogens (tertiary/aromatic N) is 1. The summed E-state index contributed by atoms with van der Waals surface area (Å²) >= 11 is 0. The molecule has 1 heterocycles. The van der Waals surface area contributed by atoms with E-state index < -0.39 is 0 Å². The van der Waals surface area contributed by atoms with Crippen LogP contribution >= 0.6 is 0 Å². The summed E-state index contributed by atoms with van der Waals surface area (Å²) in [5.41, 5.74) is 0.0838. The van der Waals surface area contributed by atoms with E-state index in [4.69, 9.17) is 4.74 Å². The molecule has 1 saturated heterocycles. The molecule has 1 amide bonds. The molecule has 1 aliphatic heterocycles. The van der Waals surface area contributed by atoms with Crippen LogP contribution in [0.2, 0.25) is 0 Å². The van der Waals surface area contributed by atoms with E-state index >= 15 is 0 Å². The van der Waals surface area contributed by atoms with Gasteiger partial charge >= 0.3 is 0 Å². The molecule has 1 aliphatic carbocycles. The molecule has 0 atom stereocenters. The van der Waals surface area contributed by atoms with Crippen LogP contribution in [0.1, 0.15) is 51.4 Å². The third kappa shape index (κ3) is 4.19. The van der Waals surface area contributed by atoms with E-state index in [1.165, 1.54) is 32.1 Å². The second-order valence-corrected chi connectivity index (χ2v) is 6.72. The monoisotopic (exact) mass is 282 g/mol. The highest BCUT2D eigenvalue weighted by Crippen LogP contribution is 2.27. The molecule has 0 aromatic heterocycles. The van der Waals surface area contributed by atoms with Crippen molar-refractivity contribution in [1.29, 1.82) is 0 Å². The van der Waals surface area contributed by atoms with Crippen molar-refractivity contribution in [2.75, 3.05) is 33.9 Å². The Hall–Kier alpha value is -0.610. The SMILES string of the molecule is CN(C)C1(CNC(=O)CC2CCCCC2)CCOCC1. The van der Waals surface area contributed by atoms with Gasteiger partial charge in [0.2, 0.25) is 5.91 Å². The summed E-state index contributed by atoms with van der Waals surface area (Å²) in [6.45, 7) is 2.36. The lowest BCUT2D eigenvalue weighted by Gasteiger charge is -2.43. The van der Waals surface area contributed by atoms with Gasteiger partial charge in [-0.05, 0) is 45.7 Å². The fourth-order valence-corrected chi connectivity index (χ4v) is 3.52. The summed E-state index contributed by atoms with van der Waals surface area (Å²) in [7, 11) is 4.22. The first-order valence-corrected chi connectivity index (χ1v) is 8.14. The Morgan fingerprint density at radius 3 is 2.45 bits per heavy atom. The predicted octanol–water partition coefficient (Wildman–Crippen LogP) is 2.18. The lowest BCUT2D eigenvalue weighted by atomic mass is 9.86. The Labute approximate surface area is 123 Å². The second kappa shape index (κ2) is 7.41. The van der Waals surface area contributed by atoms with Crippen LogP contribution in [-0.4, -0.2) is 50.2 Å². The Balaban J connectivity index is 1.78. The summed E-state index contributed by atoms with van der Waals surface area (Å²) in [4.78, 5) is 14.4. The number of amides is 1. The summed E-state index contributed by atoms with van der Waals surface area (Å²) < 4.78 is 5.46. The first-order chi connectivity index (χ1) is 9.62. The van der Waals surface area contributed by atoms with Gasteiger partial charge in [-0.1, -0.05) is 19.3 Å². The number of likely N-dealkylation sites (N-methyl/N-ethyl adjacent to an activating group) is 1. The molecule has 4 heteroatoms. The van der Waals surface area contributed by atoms with Gasteiger partial charge in [-0.15, -0.1) is 0 Å². The molecule has 2 rings (SSSR count). The maximum Gasteiger partial charge on any atom is 0.220 e. The maximum absolute atomic E-state index is 12.2. The highest BCUT2D eigenvalue weighted by molar-refractivity contribution is 5.76. The van der Waals surface area contributed by atoms with Gasteiger partial charge in [0.25, 0.3) is 0 Å². The Morgan fingerprint density at radius 1 is 1.20 bits per heavy atom. The van der Waals surface area contributed by atoms with Gasteiger partial charge in [-0.25, -0.2) is 0 Å². The standard InChI is InChI=1S/C16H30N2O2/c1-18(2)16(8-10-20-11-9-16)13-17-15(19)12-14-6-4-3-5-7-14/h14H,3-13H2,1-2H3,(H,17,19). The average Bonchev–Trinajstić information content (AvgIpc) is 2.47. The van der Waals surface area contributed by atoms with E-state index in [2.05, 4.69) is 24.3 Å². The van der Waals surface area contributed by atoms with Crippen molar-refractivity contribution in [3.05, 3.63) is 0 Å². The van der Waals surface area contributed by atoms with Gasteiger partial charge in [-0.3, -0.25) is 4.79 Å². The topological polar surface area (TPSA) is 41.6 Å². The quantitative estimate of drug-likeness (QED) is 0.840. The van der Waals surface area contributed by atoms with Crippen LogP contribution in [0.15, 0.2) is 0 Å². The van der Waals surface area contributed by atoms with Crippen molar-refractivity contribution in [2.24, 2.45) is 5.92 Å². The number of ether oxygens (including phenoxy) is 1. The molecule has 4 nitrogen and oxygen atoms in total. The van der Waals surface area contributed by atoms with Gasteiger partial charge < -0.3 is 15.0 Å². The van der Waals surface area contributed by atoms with E-state index in [0.29, 0.717) is 5.92 Å². The van der Waals surface area contributed by atoms with Crippen LogP contribution in [0.4, 0.5) is 0 Å². The number of hydrogen-bond donors (Lipinski definition) is 1. The smallest absolute Gasteiger partial charge is 0.220 e. The average molecular weight is 282 g/mol. The summed E-state index contributed by atoms with van der Waals surface area (Å²) in [6.07, 6.45) is 9.16. The van der Waals surface area contributed by atoms with Crippen molar-refractivity contribution in [2.45, 2.75) is 56.9 Å². The molecule has 0 aromatic rings. The fourth-order valence-electron chi connectivity index (χ4n) is 3.52. The molecule has 0 bridgehead atoms. The predicted molar refractivity (Wildman–Crippen MR) is 80.7 cm³/mol. The van der Waals surface area contributed by atoms with Crippen LogP contribution in [0, 0.1) is 5.92 Å². The maximum atomic E-state index is 12.2. The molecule has 2 aliphatic rings. The highest BCUT2D eigenvalue weighted by atomic mass is 16.5. The molecule has 0 aromatic carbocycles. The molecular formula is C16H30N2O2. The minimum absolute atomic E-state index is 0.0838. The number of rotatable bonds is 5. The normalized spacial score (nSPS) is 23.8. The Morgan fingerprint density at radius 2 is 1.85 bits per heavy atom.